The molecule has 104 valence electrons. The first-order chi connectivity index (χ1) is 8.81. The topological polar surface area (TPSA) is 29.1 Å². The van der Waals surface area contributed by atoms with Crippen molar-refractivity contribution in [2.75, 3.05) is 6.54 Å². The van der Waals surface area contributed by atoms with Crippen LogP contribution < -0.4 is 5.32 Å². The van der Waals surface area contributed by atoms with Gasteiger partial charge in [0.05, 0.1) is 0 Å². The monoisotopic (exact) mass is 387 g/mol. The van der Waals surface area contributed by atoms with E-state index in [1.54, 1.807) is 0 Å². The van der Waals surface area contributed by atoms with Crippen LogP contribution in [0.25, 0.3) is 0 Å². The van der Waals surface area contributed by atoms with Gasteiger partial charge in [-0.1, -0.05) is 50.9 Å². The number of carbonyl (C=O) groups excluding carboxylic acids is 1. The number of alkyl halides is 1. The van der Waals surface area contributed by atoms with Crippen molar-refractivity contribution in [3.05, 3.63) is 34.3 Å². The van der Waals surface area contributed by atoms with E-state index in [1.165, 1.54) is 5.56 Å². The summed E-state index contributed by atoms with van der Waals surface area (Å²) in [7, 11) is 0. The Morgan fingerprint density at radius 1 is 1.26 bits per heavy atom. The Morgan fingerprint density at radius 2 is 1.84 bits per heavy atom. The maximum atomic E-state index is 12.1. The summed E-state index contributed by atoms with van der Waals surface area (Å²) in [5.41, 5.74) is 1.05. The van der Waals surface area contributed by atoms with Crippen molar-refractivity contribution in [1.29, 1.82) is 0 Å². The Kier molecular flexibility index (Phi) is 4.41. The van der Waals surface area contributed by atoms with E-state index < -0.39 is 0 Å². The average molecular weight is 389 g/mol. The number of nitrogens with one attached hydrogen (secondary N) is 1. The van der Waals surface area contributed by atoms with Gasteiger partial charge in [-0.15, -0.1) is 0 Å². The zero-order chi connectivity index (χ0) is 14.1. The summed E-state index contributed by atoms with van der Waals surface area (Å²) in [6.45, 7) is 4.89. The summed E-state index contributed by atoms with van der Waals surface area (Å²) in [4.78, 5) is 12.1. The minimum Gasteiger partial charge on any atom is -0.355 e. The van der Waals surface area contributed by atoms with Crippen molar-refractivity contribution in [2.45, 2.75) is 37.4 Å². The van der Waals surface area contributed by atoms with Crippen LogP contribution >= 0.6 is 31.9 Å². The molecule has 1 fully saturated rings. The highest BCUT2D eigenvalue weighted by Gasteiger charge is 2.51. The second-order valence-corrected chi connectivity index (χ2v) is 8.79. The molecule has 0 aliphatic heterocycles. The Bertz CT molecular complexity index is 460. The Morgan fingerprint density at radius 3 is 2.37 bits per heavy atom. The summed E-state index contributed by atoms with van der Waals surface area (Å²) < 4.78 is 1.23. The van der Waals surface area contributed by atoms with Crippen LogP contribution in [-0.4, -0.2) is 16.8 Å². The van der Waals surface area contributed by atoms with Crippen molar-refractivity contribution in [3.63, 3.8) is 0 Å². The molecular weight excluding hydrogens is 370 g/mol. The molecule has 1 aliphatic carbocycles. The smallest absolute Gasteiger partial charge is 0.226 e. The van der Waals surface area contributed by atoms with Crippen molar-refractivity contribution in [3.8, 4) is 0 Å². The lowest BCUT2D eigenvalue weighted by Gasteiger charge is -2.48. The van der Waals surface area contributed by atoms with Crippen molar-refractivity contribution < 1.29 is 4.79 Å². The van der Waals surface area contributed by atoms with Gasteiger partial charge in [0.1, 0.15) is 0 Å². The maximum Gasteiger partial charge on any atom is 0.226 e. The number of hydrogen-bond acceptors (Lipinski definition) is 1. The van der Waals surface area contributed by atoms with E-state index in [9.17, 15) is 4.79 Å². The average Bonchev–Trinajstić information content (AvgIpc) is 2.29. The van der Waals surface area contributed by atoms with Gasteiger partial charge in [0.15, 0.2) is 0 Å². The molecule has 0 unspecified atom stereocenters. The van der Waals surface area contributed by atoms with Gasteiger partial charge in [-0.05, 0) is 43.9 Å². The fraction of sp³-hybridized carbons (Fsp3) is 0.533. The highest BCUT2D eigenvalue weighted by Crippen LogP contribution is 2.53. The first-order valence-corrected chi connectivity index (χ1v) is 8.11. The summed E-state index contributed by atoms with van der Waals surface area (Å²) in [5, 5.41) is 3.05. The molecule has 0 saturated heterocycles. The lowest BCUT2D eigenvalue weighted by atomic mass is 9.63. The summed E-state index contributed by atoms with van der Waals surface area (Å²) in [6, 6.07) is 8.22. The lowest BCUT2D eigenvalue weighted by Crippen LogP contribution is -2.53. The molecular formula is C15H19Br2NO. The van der Waals surface area contributed by atoms with Crippen LogP contribution in [0.4, 0.5) is 0 Å². The van der Waals surface area contributed by atoms with Gasteiger partial charge in [-0.3, -0.25) is 4.79 Å². The standard InChI is InChI=1S/C15H19Br2NO/c1-14(9-15(2,17)10-14)13(19)18-8-7-11-3-5-12(16)6-4-11/h3-6H,7-10H2,1-2H3,(H,18,19). The van der Waals surface area contributed by atoms with E-state index in [-0.39, 0.29) is 15.6 Å². The first-order valence-electron chi connectivity index (χ1n) is 6.52. The fourth-order valence-corrected chi connectivity index (χ4v) is 4.42. The number of halogens is 2. The second kappa shape index (κ2) is 5.57. The molecule has 1 aromatic rings. The highest BCUT2D eigenvalue weighted by molar-refractivity contribution is 9.10. The van der Waals surface area contributed by atoms with Gasteiger partial charge in [-0.25, -0.2) is 0 Å². The van der Waals surface area contributed by atoms with E-state index in [1.807, 2.05) is 19.1 Å². The zero-order valence-corrected chi connectivity index (χ0v) is 14.5. The third-order valence-electron chi connectivity index (χ3n) is 3.68. The van der Waals surface area contributed by atoms with Crippen molar-refractivity contribution in [2.24, 2.45) is 5.41 Å². The Balaban J connectivity index is 1.77. The van der Waals surface area contributed by atoms with Crippen LogP contribution in [0.2, 0.25) is 0 Å². The largest absolute Gasteiger partial charge is 0.355 e. The number of carbonyl (C=O) groups is 1. The third-order valence-corrected chi connectivity index (χ3v) is 4.77. The minimum absolute atomic E-state index is 0.144. The molecule has 19 heavy (non-hydrogen) atoms. The Hall–Kier alpha value is -0.350. The van der Waals surface area contributed by atoms with Crippen LogP contribution in [-0.2, 0) is 11.2 Å². The molecule has 2 nitrogen and oxygen atoms in total. The number of amides is 1. The van der Waals surface area contributed by atoms with Crippen LogP contribution in [0, 0.1) is 5.41 Å². The first kappa shape index (κ1) is 15.0. The summed E-state index contributed by atoms with van der Waals surface area (Å²) in [6.07, 6.45) is 2.69. The molecule has 1 amide bonds. The SMILES string of the molecule is CC1(Br)CC(C)(C(=O)NCCc2ccc(Br)cc2)C1. The quantitative estimate of drug-likeness (QED) is 0.774. The van der Waals surface area contributed by atoms with E-state index in [2.05, 4.69) is 56.2 Å². The van der Waals surface area contributed by atoms with Crippen LogP contribution in [0.1, 0.15) is 32.3 Å². The minimum atomic E-state index is -0.196. The fourth-order valence-electron chi connectivity index (χ4n) is 2.92. The maximum absolute atomic E-state index is 12.1. The van der Waals surface area contributed by atoms with Gasteiger partial charge < -0.3 is 5.32 Å². The molecule has 0 spiro atoms. The van der Waals surface area contributed by atoms with Crippen LogP contribution in [0.5, 0.6) is 0 Å². The molecule has 4 heteroatoms. The number of benzene rings is 1. The Labute approximate surface area is 131 Å². The van der Waals surface area contributed by atoms with Gasteiger partial charge in [0.25, 0.3) is 0 Å². The molecule has 0 radical (unpaired) electrons. The van der Waals surface area contributed by atoms with Gasteiger partial charge in [0, 0.05) is 20.8 Å². The predicted octanol–water partition coefficient (Wildman–Crippen LogP) is 4.06. The molecule has 2 rings (SSSR count). The number of hydrogen-bond donors (Lipinski definition) is 1. The van der Waals surface area contributed by atoms with E-state index >= 15 is 0 Å². The molecule has 0 aromatic heterocycles. The third kappa shape index (κ3) is 3.82. The summed E-state index contributed by atoms with van der Waals surface area (Å²) in [5.74, 6) is 0.182. The molecule has 0 bridgehead atoms. The molecule has 1 saturated carbocycles. The molecule has 1 N–H and O–H groups in total. The van der Waals surface area contributed by atoms with Crippen LogP contribution in [0.15, 0.2) is 28.7 Å². The molecule has 0 atom stereocenters. The molecule has 1 aromatic carbocycles. The normalized spacial score (nSPS) is 29.7. The van der Waals surface area contributed by atoms with E-state index in [4.69, 9.17) is 0 Å². The molecule has 0 heterocycles. The second-order valence-electron chi connectivity index (χ2n) is 5.96. The van der Waals surface area contributed by atoms with Gasteiger partial charge >= 0.3 is 0 Å². The lowest BCUT2D eigenvalue weighted by molar-refractivity contribution is -0.135. The molecule has 1 aliphatic rings. The number of rotatable bonds is 4. The zero-order valence-electron chi connectivity index (χ0n) is 11.3. The van der Waals surface area contributed by atoms with Gasteiger partial charge in [0.2, 0.25) is 5.91 Å². The van der Waals surface area contributed by atoms with E-state index in [0.717, 1.165) is 23.7 Å². The highest BCUT2D eigenvalue weighted by atomic mass is 79.9. The van der Waals surface area contributed by atoms with Crippen molar-refractivity contribution >= 4 is 37.8 Å². The summed E-state index contributed by atoms with van der Waals surface area (Å²) >= 11 is 7.05. The van der Waals surface area contributed by atoms with Gasteiger partial charge in [-0.2, -0.15) is 0 Å². The predicted molar refractivity (Wildman–Crippen MR) is 85.5 cm³/mol. The van der Waals surface area contributed by atoms with Crippen LogP contribution in [0.3, 0.4) is 0 Å². The van der Waals surface area contributed by atoms with Crippen molar-refractivity contribution in [1.82, 2.24) is 5.32 Å². The van der Waals surface area contributed by atoms with E-state index in [0.29, 0.717) is 6.54 Å².